The van der Waals surface area contributed by atoms with E-state index in [0.717, 1.165) is 0 Å². The quantitative estimate of drug-likeness (QED) is 0.370. The van der Waals surface area contributed by atoms with Crippen LogP contribution in [0.2, 0.25) is 0 Å². The second-order valence-electron chi connectivity index (χ2n) is 0.679. The Balaban J connectivity index is 3.57. The number of halogens is 2. The van der Waals surface area contributed by atoms with Gasteiger partial charge in [0.1, 0.15) is 0 Å². The summed E-state index contributed by atoms with van der Waals surface area (Å²) in [6, 6.07) is 0. The van der Waals surface area contributed by atoms with Crippen molar-refractivity contribution < 1.29 is 4.79 Å². The molecule has 0 rings (SSSR count). The lowest BCUT2D eigenvalue weighted by Gasteiger charge is -1.75. The zero-order valence-corrected chi connectivity index (χ0v) is 5.78. The number of carbonyl (C=O) groups excluding carboxylic acids is 1. The lowest BCUT2D eigenvalue weighted by atomic mass is 10.7. The topological polar surface area (TPSA) is 17.1 Å². The van der Waals surface area contributed by atoms with Crippen molar-refractivity contribution in [3.05, 3.63) is 11.6 Å². The zero-order chi connectivity index (χ0) is 5.15. The van der Waals surface area contributed by atoms with Crippen LogP contribution in [-0.2, 0) is 4.79 Å². The van der Waals surface area contributed by atoms with E-state index in [-0.39, 0.29) is 8.82 Å². The highest BCUT2D eigenvalue weighted by Gasteiger charge is 1.92. The van der Waals surface area contributed by atoms with Crippen molar-refractivity contribution in [2.24, 2.45) is 0 Å². The molecule has 0 fully saturated rings. The summed E-state index contributed by atoms with van der Waals surface area (Å²) in [5, 5.41) is 0.0793. The Morgan fingerprint density at radius 2 is 2.00 bits per heavy atom. The molecule has 0 saturated carbocycles. The maximum atomic E-state index is 9.90. The maximum absolute atomic E-state index is 9.90. The van der Waals surface area contributed by atoms with Gasteiger partial charge in [0.25, 0.3) is 0 Å². The minimum atomic E-state index is -0.200. The summed E-state index contributed by atoms with van der Waals surface area (Å²) in [6.07, 6.45) is 0. The lowest BCUT2D eigenvalue weighted by molar-refractivity contribution is -0.105. The molecule has 3 heteroatoms. The normalized spacial score (nSPS) is 7.67. The van der Waals surface area contributed by atoms with Crippen molar-refractivity contribution in [2.45, 2.75) is 0 Å². The summed E-state index contributed by atoms with van der Waals surface area (Å²) >= 11 is 6.62. The third-order valence-electron chi connectivity index (χ3n) is 0.213. The van der Waals surface area contributed by atoms with Crippen molar-refractivity contribution >= 4 is 38.0 Å². The Hall–Kier alpha value is 0.430. The summed E-state index contributed by atoms with van der Waals surface area (Å²) in [6.45, 7) is 3.16. The number of hydrogen-bond acceptors (Lipinski definition) is 1. The van der Waals surface area contributed by atoms with E-state index >= 15 is 0 Å². The Kier molecular flexibility index (Phi) is 2.76. The molecule has 0 aromatic heterocycles. The van der Waals surface area contributed by atoms with E-state index in [2.05, 4.69) is 6.58 Å². The van der Waals surface area contributed by atoms with E-state index in [9.17, 15) is 4.79 Å². The molecule has 0 aliphatic heterocycles. The Labute approximate surface area is 54.5 Å². The van der Waals surface area contributed by atoms with E-state index in [1.165, 1.54) is 0 Å². The van der Waals surface area contributed by atoms with Crippen LogP contribution in [0.5, 0.6) is 0 Å². The Morgan fingerprint density at radius 1 is 1.83 bits per heavy atom. The fourth-order valence-corrected chi connectivity index (χ4v) is 0. The standard InChI is InChI=1S/C3H2ClIO/c1-2(4)3(5)6/h1H2. The average molecular weight is 216 g/mol. The first-order chi connectivity index (χ1) is 2.64. The van der Waals surface area contributed by atoms with E-state index in [4.69, 9.17) is 11.6 Å². The van der Waals surface area contributed by atoms with Crippen LogP contribution in [0.15, 0.2) is 11.6 Å². The van der Waals surface area contributed by atoms with Gasteiger partial charge in [0, 0.05) is 22.6 Å². The van der Waals surface area contributed by atoms with Crippen LogP contribution >= 0.6 is 34.2 Å². The Bertz CT molecular complexity index is 76.8. The summed E-state index contributed by atoms with van der Waals surface area (Å²) in [7, 11) is 0. The second kappa shape index (κ2) is 2.58. The van der Waals surface area contributed by atoms with Gasteiger partial charge in [0.2, 0.25) is 3.79 Å². The van der Waals surface area contributed by atoms with Crippen LogP contribution in [0, 0.1) is 0 Å². The van der Waals surface area contributed by atoms with Crippen LogP contribution in [-0.4, -0.2) is 3.79 Å². The third-order valence-corrected chi connectivity index (χ3v) is 1.35. The van der Waals surface area contributed by atoms with Gasteiger partial charge in [-0.25, -0.2) is 0 Å². The van der Waals surface area contributed by atoms with Gasteiger partial charge < -0.3 is 0 Å². The predicted molar refractivity (Wildman–Crippen MR) is 34.0 cm³/mol. The molecule has 1 nitrogen and oxygen atoms in total. The van der Waals surface area contributed by atoms with Gasteiger partial charge in [-0.2, -0.15) is 0 Å². The first-order valence-corrected chi connectivity index (χ1v) is 2.64. The number of carbonyl (C=O) groups is 1. The van der Waals surface area contributed by atoms with Crippen LogP contribution in [0.25, 0.3) is 0 Å². The molecule has 6 heavy (non-hydrogen) atoms. The minimum absolute atomic E-state index is 0.0793. The Morgan fingerprint density at radius 3 is 2.00 bits per heavy atom. The van der Waals surface area contributed by atoms with Gasteiger partial charge in [-0.15, -0.1) is 0 Å². The molecular formula is C3H2ClIO. The second-order valence-corrected chi connectivity index (χ2v) is 2.11. The molecule has 0 aliphatic carbocycles. The molecule has 0 bridgehead atoms. The molecule has 0 aliphatic rings. The fraction of sp³-hybridized carbons (Fsp3) is 0. The van der Waals surface area contributed by atoms with Gasteiger partial charge in [0.05, 0.1) is 5.03 Å². The summed E-state index contributed by atoms with van der Waals surface area (Å²) < 4.78 is -0.200. The molecule has 0 amide bonds. The molecule has 0 unspecified atom stereocenters. The van der Waals surface area contributed by atoms with E-state index in [1.807, 2.05) is 0 Å². The first-order valence-electron chi connectivity index (χ1n) is 1.19. The number of hydrogen-bond donors (Lipinski definition) is 0. The van der Waals surface area contributed by atoms with Crippen molar-refractivity contribution in [1.29, 1.82) is 0 Å². The van der Waals surface area contributed by atoms with Crippen LogP contribution in [0.3, 0.4) is 0 Å². The fourth-order valence-electron chi connectivity index (χ4n) is 0. The zero-order valence-electron chi connectivity index (χ0n) is 2.87. The monoisotopic (exact) mass is 216 g/mol. The first kappa shape index (κ1) is 6.43. The number of rotatable bonds is 1. The largest absolute Gasteiger partial charge is 0.281 e. The lowest BCUT2D eigenvalue weighted by Crippen LogP contribution is -1.76. The molecule has 34 valence electrons. The van der Waals surface area contributed by atoms with E-state index in [0.29, 0.717) is 0 Å². The SMILES string of the molecule is C=C(Cl)C(=O)I. The van der Waals surface area contributed by atoms with Gasteiger partial charge >= 0.3 is 0 Å². The molecule has 0 N–H and O–H groups in total. The molecule has 0 atom stereocenters. The summed E-state index contributed by atoms with van der Waals surface area (Å²) in [5.74, 6) is 0. The third kappa shape index (κ3) is 2.66. The highest BCUT2D eigenvalue weighted by molar-refractivity contribution is 14.1. The van der Waals surface area contributed by atoms with Crippen molar-refractivity contribution in [1.82, 2.24) is 0 Å². The molecule has 0 aromatic carbocycles. The predicted octanol–water partition coefficient (Wildman–Crippen LogP) is 1.70. The van der Waals surface area contributed by atoms with Crippen LogP contribution < -0.4 is 0 Å². The molecule has 0 aromatic rings. The minimum Gasteiger partial charge on any atom is -0.281 e. The van der Waals surface area contributed by atoms with Crippen molar-refractivity contribution in [3.8, 4) is 0 Å². The molecule has 0 heterocycles. The van der Waals surface area contributed by atoms with Crippen molar-refractivity contribution in [2.75, 3.05) is 0 Å². The van der Waals surface area contributed by atoms with Gasteiger partial charge in [-0.3, -0.25) is 4.79 Å². The van der Waals surface area contributed by atoms with Gasteiger partial charge in [-0.05, 0) is 0 Å². The number of allylic oxidation sites excluding steroid dienone is 1. The molecule has 0 spiro atoms. The highest BCUT2D eigenvalue weighted by atomic mass is 127. The van der Waals surface area contributed by atoms with Gasteiger partial charge in [0.15, 0.2) is 0 Å². The smallest absolute Gasteiger partial charge is 0.233 e. The van der Waals surface area contributed by atoms with Crippen LogP contribution in [0.4, 0.5) is 0 Å². The van der Waals surface area contributed by atoms with Crippen molar-refractivity contribution in [3.63, 3.8) is 0 Å². The van der Waals surface area contributed by atoms with E-state index in [1.54, 1.807) is 22.6 Å². The average Bonchev–Trinajstić information content (AvgIpc) is 1.36. The van der Waals surface area contributed by atoms with Crippen LogP contribution in [0.1, 0.15) is 0 Å². The highest BCUT2D eigenvalue weighted by Crippen LogP contribution is 2.02. The molecule has 0 saturated heterocycles. The van der Waals surface area contributed by atoms with Gasteiger partial charge in [-0.1, -0.05) is 18.2 Å². The summed E-state index contributed by atoms with van der Waals surface area (Å²) in [5.41, 5.74) is 0. The van der Waals surface area contributed by atoms with E-state index < -0.39 is 0 Å². The summed E-state index contributed by atoms with van der Waals surface area (Å²) in [4.78, 5) is 9.90. The molecule has 0 radical (unpaired) electrons. The maximum Gasteiger partial charge on any atom is 0.233 e. The molecular weight excluding hydrogens is 214 g/mol.